The zero-order valence-electron chi connectivity index (χ0n) is 10.6. The van der Waals surface area contributed by atoms with Crippen molar-refractivity contribution < 1.29 is 14.6 Å². The summed E-state index contributed by atoms with van der Waals surface area (Å²) < 4.78 is 6.43. The molecular weight excluding hydrogens is 308 g/mol. The topological polar surface area (TPSA) is 46.5 Å². The number of aryl methyl sites for hydroxylation is 1. The molecule has 2 aromatic rings. The van der Waals surface area contributed by atoms with E-state index in [1.165, 1.54) is 12.1 Å². The van der Waals surface area contributed by atoms with Gasteiger partial charge in [-0.25, -0.2) is 4.79 Å². The van der Waals surface area contributed by atoms with E-state index in [-0.39, 0.29) is 5.56 Å². The quantitative estimate of drug-likeness (QED) is 0.902. The fourth-order valence-corrected chi connectivity index (χ4v) is 2.13. The SMILES string of the molecule is Cc1cccc(Oc2ccc(C(=O)O)cc2Br)c1C. The van der Waals surface area contributed by atoms with Gasteiger partial charge in [0.05, 0.1) is 10.0 Å². The van der Waals surface area contributed by atoms with Gasteiger partial charge in [-0.2, -0.15) is 0 Å². The molecule has 1 N–H and O–H groups in total. The van der Waals surface area contributed by atoms with E-state index in [1.807, 2.05) is 32.0 Å². The third-order valence-electron chi connectivity index (χ3n) is 2.95. The molecule has 0 aromatic heterocycles. The Kier molecular flexibility index (Phi) is 3.90. The van der Waals surface area contributed by atoms with Crippen LogP contribution in [0.4, 0.5) is 0 Å². The van der Waals surface area contributed by atoms with Crippen LogP contribution in [0.15, 0.2) is 40.9 Å². The lowest BCUT2D eigenvalue weighted by molar-refractivity contribution is 0.0697. The van der Waals surface area contributed by atoms with Gasteiger partial charge in [-0.3, -0.25) is 0 Å². The van der Waals surface area contributed by atoms with Crippen LogP contribution in [0.2, 0.25) is 0 Å². The molecule has 2 aromatic carbocycles. The van der Waals surface area contributed by atoms with Crippen molar-refractivity contribution in [2.75, 3.05) is 0 Å². The van der Waals surface area contributed by atoms with Gasteiger partial charge < -0.3 is 9.84 Å². The van der Waals surface area contributed by atoms with Crippen molar-refractivity contribution in [3.8, 4) is 11.5 Å². The van der Waals surface area contributed by atoms with E-state index in [9.17, 15) is 4.79 Å². The first-order chi connectivity index (χ1) is 8.99. The normalized spacial score (nSPS) is 10.3. The van der Waals surface area contributed by atoms with E-state index < -0.39 is 5.97 Å². The van der Waals surface area contributed by atoms with Crippen molar-refractivity contribution in [3.63, 3.8) is 0 Å². The van der Waals surface area contributed by atoms with E-state index in [0.29, 0.717) is 10.2 Å². The number of hydrogen-bond acceptors (Lipinski definition) is 2. The van der Waals surface area contributed by atoms with Crippen molar-refractivity contribution in [2.24, 2.45) is 0 Å². The maximum absolute atomic E-state index is 10.9. The summed E-state index contributed by atoms with van der Waals surface area (Å²) >= 11 is 3.33. The van der Waals surface area contributed by atoms with Crippen LogP contribution in [0.25, 0.3) is 0 Å². The van der Waals surface area contributed by atoms with Crippen LogP contribution in [0.1, 0.15) is 21.5 Å². The van der Waals surface area contributed by atoms with Gasteiger partial charge in [-0.15, -0.1) is 0 Å². The Balaban J connectivity index is 2.34. The summed E-state index contributed by atoms with van der Waals surface area (Å²) in [6.07, 6.45) is 0. The summed E-state index contributed by atoms with van der Waals surface area (Å²) in [4.78, 5) is 10.9. The van der Waals surface area contributed by atoms with Gasteiger partial charge in [0.2, 0.25) is 0 Å². The van der Waals surface area contributed by atoms with Gasteiger partial charge in [0, 0.05) is 0 Å². The molecule has 0 aliphatic rings. The van der Waals surface area contributed by atoms with Crippen molar-refractivity contribution in [1.82, 2.24) is 0 Å². The standard InChI is InChI=1S/C15H13BrO3/c1-9-4-3-5-13(10(9)2)19-14-7-6-11(15(17)18)8-12(14)16/h3-8H,1-2H3,(H,17,18). The molecule has 2 rings (SSSR count). The Morgan fingerprint density at radius 1 is 1.16 bits per heavy atom. The summed E-state index contributed by atoms with van der Waals surface area (Å²) in [7, 11) is 0. The van der Waals surface area contributed by atoms with Gasteiger partial charge in [0.1, 0.15) is 11.5 Å². The second-order valence-corrected chi connectivity index (χ2v) is 5.10. The Labute approximate surface area is 120 Å². The first-order valence-corrected chi connectivity index (χ1v) is 6.55. The van der Waals surface area contributed by atoms with E-state index in [0.717, 1.165) is 16.9 Å². The van der Waals surface area contributed by atoms with Crippen molar-refractivity contribution >= 4 is 21.9 Å². The molecule has 4 heteroatoms. The van der Waals surface area contributed by atoms with Crippen LogP contribution in [0.3, 0.4) is 0 Å². The van der Waals surface area contributed by atoms with Crippen molar-refractivity contribution in [1.29, 1.82) is 0 Å². The third kappa shape index (κ3) is 2.96. The molecule has 0 bridgehead atoms. The fourth-order valence-electron chi connectivity index (χ4n) is 1.67. The molecule has 3 nitrogen and oxygen atoms in total. The van der Waals surface area contributed by atoms with E-state index in [1.54, 1.807) is 6.07 Å². The lowest BCUT2D eigenvalue weighted by Gasteiger charge is -2.12. The lowest BCUT2D eigenvalue weighted by atomic mass is 10.1. The number of carbonyl (C=O) groups is 1. The predicted octanol–water partition coefficient (Wildman–Crippen LogP) is 4.56. The smallest absolute Gasteiger partial charge is 0.335 e. The van der Waals surface area contributed by atoms with E-state index in [2.05, 4.69) is 15.9 Å². The number of ether oxygens (including phenoxy) is 1. The highest BCUT2D eigenvalue weighted by atomic mass is 79.9. The molecule has 98 valence electrons. The summed E-state index contributed by atoms with van der Waals surface area (Å²) in [5.41, 5.74) is 2.44. The summed E-state index contributed by atoms with van der Waals surface area (Å²) in [6, 6.07) is 10.5. The number of halogens is 1. The minimum absolute atomic E-state index is 0.222. The van der Waals surface area contributed by atoms with Crippen molar-refractivity contribution in [3.05, 3.63) is 57.6 Å². The highest BCUT2D eigenvalue weighted by Crippen LogP contribution is 2.32. The summed E-state index contributed by atoms with van der Waals surface area (Å²) in [5.74, 6) is 0.404. The molecule has 0 radical (unpaired) electrons. The molecule has 0 amide bonds. The van der Waals surface area contributed by atoms with Gasteiger partial charge in [0.15, 0.2) is 0 Å². The first kappa shape index (κ1) is 13.6. The van der Waals surface area contributed by atoms with E-state index in [4.69, 9.17) is 9.84 Å². The van der Waals surface area contributed by atoms with Crippen LogP contribution in [-0.2, 0) is 0 Å². The fraction of sp³-hybridized carbons (Fsp3) is 0.133. The Bertz CT molecular complexity index is 635. The molecule has 0 aliphatic carbocycles. The molecular formula is C15H13BrO3. The minimum Gasteiger partial charge on any atom is -0.478 e. The van der Waals surface area contributed by atoms with Crippen LogP contribution in [-0.4, -0.2) is 11.1 Å². The zero-order valence-corrected chi connectivity index (χ0v) is 12.2. The number of benzene rings is 2. The number of hydrogen-bond donors (Lipinski definition) is 1. The minimum atomic E-state index is -0.959. The molecule has 0 unspecified atom stereocenters. The summed E-state index contributed by atoms with van der Waals surface area (Å²) in [6.45, 7) is 4.01. The number of carboxylic acids is 1. The zero-order chi connectivity index (χ0) is 14.0. The molecule has 0 aliphatic heterocycles. The molecule has 0 spiro atoms. The highest BCUT2D eigenvalue weighted by Gasteiger charge is 2.10. The monoisotopic (exact) mass is 320 g/mol. The van der Waals surface area contributed by atoms with Crippen LogP contribution >= 0.6 is 15.9 Å². The summed E-state index contributed by atoms with van der Waals surface area (Å²) in [5, 5.41) is 8.91. The molecule has 0 saturated carbocycles. The largest absolute Gasteiger partial charge is 0.478 e. The second kappa shape index (κ2) is 5.45. The van der Waals surface area contributed by atoms with Gasteiger partial charge >= 0.3 is 5.97 Å². The molecule has 0 fully saturated rings. The second-order valence-electron chi connectivity index (χ2n) is 4.25. The third-order valence-corrected chi connectivity index (χ3v) is 3.57. The average Bonchev–Trinajstić information content (AvgIpc) is 2.37. The molecule has 19 heavy (non-hydrogen) atoms. The molecule has 0 atom stereocenters. The molecule has 0 heterocycles. The first-order valence-electron chi connectivity index (χ1n) is 5.76. The van der Waals surface area contributed by atoms with Crippen molar-refractivity contribution in [2.45, 2.75) is 13.8 Å². The number of rotatable bonds is 3. The Morgan fingerprint density at radius 3 is 2.53 bits per heavy atom. The molecule has 0 saturated heterocycles. The van der Waals surface area contributed by atoms with Crippen LogP contribution in [0, 0.1) is 13.8 Å². The van der Waals surface area contributed by atoms with Gasteiger partial charge in [0.25, 0.3) is 0 Å². The van der Waals surface area contributed by atoms with E-state index >= 15 is 0 Å². The maximum Gasteiger partial charge on any atom is 0.335 e. The lowest BCUT2D eigenvalue weighted by Crippen LogP contribution is -1.97. The Morgan fingerprint density at radius 2 is 1.89 bits per heavy atom. The predicted molar refractivity (Wildman–Crippen MR) is 77.1 cm³/mol. The Hall–Kier alpha value is -1.81. The highest BCUT2D eigenvalue weighted by molar-refractivity contribution is 9.10. The van der Waals surface area contributed by atoms with Crippen LogP contribution < -0.4 is 4.74 Å². The average molecular weight is 321 g/mol. The number of carboxylic acid groups (broad SMARTS) is 1. The maximum atomic E-state index is 10.9. The number of aromatic carboxylic acids is 1. The van der Waals surface area contributed by atoms with Gasteiger partial charge in [-0.1, -0.05) is 12.1 Å². The van der Waals surface area contributed by atoms with Crippen LogP contribution in [0.5, 0.6) is 11.5 Å². The van der Waals surface area contributed by atoms with Gasteiger partial charge in [-0.05, 0) is 65.2 Å².